The number of hydrogen-bond acceptors (Lipinski definition) is 8. The van der Waals surface area contributed by atoms with Gasteiger partial charge in [0.25, 0.3) is 11.8 Å². The van der Waals surface area contributed by atoms with Crippen LogP contribution in [0.1, 0.15) is 23.2 Å². The summed E-state index contributed by atoms with van der Waals surface area (Å²) in [7, 11) is 1.46. The van der Waals surface area contributed by atoms with Crippen LogP contribution in [0.25, 0.3) is 0 Å². The van der Waals surface area contributed by atoms with Crippen molar-refractivity contribution in [2.45, 2.75) is 25.2 Å². The largest absolute Gasteiger partial charge is 0.480 e. The summed E-state index contributed by atoms with van der Waals surface area (Å²) in [5.74, 6) is -1.71. The first-order valence-electron chi connectivity index (χ1n) is 10.4. The molecule has 1 aromatic carbocycles. The molecule has 2 heterocycles. The van der Waals surface area contributed by atoms with Crippen molar-refractivity contribution in [2.75, 3.05) is 25.5 Å². The third-order valence-corrected chi connectivity index (χ3v) is 5.15. The molecule has 0 aromatic heterocycles. The fraction of sp³-hybridized carbons (Fsp3) is 0.333. The second-order valence-corrected chi connectivity index (χ2v) is 7.55. The van der Waals surface area contributed by atoms with E-state index in [-0.39, 0.29) is 24.7 Å². The SMILES string of the molecule is CNC(=O)CCC(NC(=O)c1ccc(NCC2=CC3=C(NC2)NC(N)NC3=O)cc1)C(=O)O. The topological polar surface area (TPSA) is 187 Å². The van der Waals surface area contributed by atoms with Gasteiger partial charge in [-0.1, -0.05) is 0 Å². The average Bonchev–Trinajstić information content (AvgIpc) is 2.80. The Morgan fingerprint density at radius 3 is 2.61 bits per heavy atom. The minimum Gasteiger partial charge on any atom is -0.480 e. The first kappa shape index (κ1) is 23.6. The Morgan fingerprint density at radius 1 is 1.21 bits per heavy atom. The highest BCUT2D eigenvalue weighted by atomic mass is 16.4. The van der Waals surface area contributed by atoms with E-state index in [0.717, 1.165) is 11.3 Å². The molecule has 2 unspecified atom stereocenters. The Kier molecular flexibility index (Phi) is 7.51. The third kappa shape index (κ3) is 6.23. The van der Waals surface area contributed by atoms with Crippen LogP contribution >= 0.6 is 0 Å². The number of aliphatic carboxylic acids is 1. The van der Waals surface area contributed by atoms with E-state index in [1.807, 2.05) is 0 Å². The van der Waals surface area contributed by atoms with Crippen LogP contribution in [0.3, 0.4) is 0 Å². The highest BCUT2D eigenvalue weighted by Gasteiger charge is 2.26. The normalized spacial score (nSPS) is 17.9. The minimum atomic E-state index is -1.21. The Hall–Kier alpha value is -4.06. The number of amides is 3. The van der Waals surface area contributed by atoms with Gasteiger partial charge in [0.1, 0.15) is 11.9 Å². The second-order valence-electron chi connectivity index (χ2n) is 7.55. The zero-order valence-corrected chi connectivity index (χ0v) is 18.0. The second kappa shape index (κ2) is 10.5. The van der Waals surface area contributed by atoms with Crippen molar-refractivity contribution in [1.82, 2.24) is 26.6 Å². The van der Waals surface area contributed by atoms with E-state index in [1.54, 1.807) is 30.3 Å². The smallest absolute Gasteiger partial charge is 0.326 e. The number of carbonyl (C=O) groups is 4. The van der Waals surface area contributed by atoms with Gasteiger partial charge >= 0.3 is 5.97 Å². The van der Waals surface area contributed by atoms with Crippen LogP contribution in [0.2, 0.25) is 0 Å². The minimum absolute atomic E-state index is 0.00969. The van der Waals surface area contributed by atoms with E-state index in [1.165, 1.54) is 7.05 Å². The van der Waals surface area contributed by atoms with Gasteiger partial charge in [-0.05, 0) is 42.3 Å². The van der Waals surface area contributed by atoms with Gasteiger partial charge in [-0.15, -0.1) is 0 Å². The van der Waals surface area contributed by atoms with Gasteiger partial charge < -0.3 is 37.0 Å². The summed E-state index contributed by atoms with van der Waals surface area (Å²) in [5.41, 5.74) is 8.15. The molecule has 176 valence electrons. The molecule has 0 aliphatic carbocycles. The molecule has 33 heavy (non-hydrogen) atoms. The van der Waals surface area contributed by atoms with Gasteiger partial charge in [-0.25, -0.2) is 4.79 Å². The highest BCUT2D eigenvalue weighted by Crippen LogP contribution is 2.16. The van der Waals surface area contributed by atoms with Crippen molar-refractivity contribution < 1.29 is 24.3 Å². The molecule has 0 spiro atoms. The Balaban J connectivity index is 1.55. The molecule has 12 nitrogen and oxygen atoms in total. The van der Waals surface area contributed by atoms with Crippen LogP contribution in [0.5, 0.6) is 0 Å². The molecule has 0 saturated carbocycles. The van der Waals surface area contributed by atoms with Crippen molar-refractivity contribution in [3.05, 3.63) is 52.9 Å². The summed E-state index contributed by atoms with van der Waals surface area (Å²) >= 11 is 0. The number of carboxylic acid groups (broad SMARTS) is 1. The fourth-order valence-electron chi connectivity index (χ4n) is 3.31. The van der Waals surface area contributed by atoms with Gasteiger partial charge in [0, 0.05) is 37.8 Å². The number of hydrogen-bond donors (Lipinski definition) is 8. The van der Waals surface area contributed by atoms with Crippen molar-refractivity contribution in [3.8, 4) is 0 Å². The zero-order chi connectivity index (χ0) is 24.0. The lowest BCUT2D eigenvalue weighted by Crippen LogP contribution is -2.58. The summed E-state index contributed by atoms with van der Waals surface area (Å²) in [5, 5.41) is 26.0. The summed E-state index contributed by atoms with van der Waals surface area (Å²) in [6.07, 6.45) is 1.14. The molecule has 2 aliphatic heterocycles. The van der Waals surface area contributed by atoms with Gasteiger partial charge in [-0.2, -0.15) is 0 Å². The lowest BCUT2D eigenvalue weighted by atomic mass is 10.1. The number of carbonyl (C=O) groups excluding carboxylic acids is 3. The van der Waals surface area contributed by atoms with Crippen LogP contribution < -0.4 is 37.6 Å². The standard InChI is InChI=1S/C21H27N7O5/c1-23-16(29)7-6-15(20(32)33)26-18(30)12-2-4-13(5-3-12)24-9-11-8-14-17(25-10-11)27-21(22)28-19(14)31/h2-5,8,15,21,24-25,27H,6-7,9-10,22H2,1H3,(H,23,29)(H,26,30)(H,28,31)(H,32,33). The van der Waals surface area contributed by atoms with Gasteiger partial charge in [0.05, 0.1) is 5.57 Å². The molecule has 9 N–H and O–H groups in total. The molecular weight excluding hydrogens is 430 g/mol. The maximum Gasteiger partial charge on any atom is 0.326 e. The number of benzene rings is 1. The maximum absolute atomic E-state index is 12.4. The molecule has 2 aliphatic rings. The number of nitrogens with two attached hydrogens (primary N) is 1. The number of carboxylic acids is 1. The Morgan fingerprint density at radius 2 is 1.94 bits per heavy atom. The van der Waals surface area contributed by atoms with E-state index in [9.17, 15) is 24.3 Å². The number of dihydropyridines is 1. The molecule has 0 bridgehead atoms. The van der Waals surface area contributed by atoms with E-state index in [4.69, 9.17) is 5.73 Å². The van der Waals surface area contributed by atoms with Crippen molar-refractivity contribution >= 4 is 29.4 Å². The number of rotatable bonds is 9. The molecule has 3 amide bonds. The van der Waals surface area contributed by atoms with Crippen LogP contribution in [0.4, 0.5) is 5.69 Å². The van der Waals surface area contributed by atoms with Gasteiger partial charge in [0.15, 0.2) is 6.29 Å². The number of nitrogens with one attached hydrogen (secondary N) is 6. The third-order valence-electron chi connectivity index (χ3n) is 5.15. The molecule has 0 radical (unpaired) electrons. The van der Waals surface area contributed by atoms with Crippen LogP contribution in [-0.4, -0.2) is 61.3 Å². The molecule has 12 heteroatoms. The summed E-state index contributed by atoms with van der Waals surface area (Å²) in [6.45, 7) is 1.00. The van der Waals surface area contributed by atoms with E-state index < -0.39 is 24.2 Å². The first-order valence-corrected chi connectivity index (χ1v) is 10.4. The molecule has 3 rings (SSSR count). The predicted octanol–water partition coefficient (Wildman–Crippen LogP) is -1.49. The van der Waals surface area contributed by atoms with Gasteiger partial charge in [0.2, 0.25) is 5.91 Å². The predicted molar refractivity (Wildman–Crippen MR) is 119 cm³/mol. The van der Waals surface area contributed by atoms with Crippen LogP contribution in [0.15, 0.2) is 47.3 Å². The molecule has 0 fully saturated rings. The van der Waals surface area contributed by atoms with Crippen molar-refractivity contribution in [3.63, 3.8) is 0 Å². The molecule has 0 saturated heterocycles. The summed E-state index contributed by atoms with van der Waals surface area (Å²) < 4.78 is 0. The van der Waals surface area contributed by atoms with Crippen molar-refractivity contribution in [2.24, 2.45) is 5.73 Å². The average molecular weight is 457 g/mol. The Bertz CT molecular complexity index is 1000. The molecule has 2 atom stereocenters. The molecule has 1 aromatic rings. The zero-order valence-electron chi connectivity index (χ0n) is 18.0. The quantitative estimate of drug-likeness (QED) is 0.219. The maximum atomic E-state index is 12.4. The fourth-order valence-corrected chi connectivity index (χ4v) is 3.31. The lowest BCUT2D eigenvalue weighted by molar-refractivity contribution is -0.139. The van der Waals surface area contributed by atoms with Crippen LogP contribution in [-0.2, 0) is 14.4 Å². The summed E-state index contributed by atoms with van der Waals surface area (Å²) in [6, 6.07) is 5.38. The number of anilines is 1. The summed E-state index contributed by atoms with van der Waals surface area (Å²) in [4.78, 5) is 47.2. The van der Waals surface area contributed by atoms with Gasteiger partial charge in [-0.3, -0.25) is 20.1 Å². The van der Waals surface area contributed by atoms with E-state index in [2.05, 4.69) is 31.9 Å². The van der Waals surface area contributed by atoms with Crippen molar-refractivity contribution in [1.29, 1.82) is 0 Å². The first-order chi connectivity index (χ1) is 15.8. The Labute approximate surface area is 190 Å². The highest BCUT2D eigenvalue weighted by molar-refractivity contribution is 5.98. The van der Waals surface area contributed by atoms with E-state index in [0.29, 0.717) is 30.0 Å². The van der Waals surface area contributed by atoms with Crippen LogP contribution in [0, 0.1) is 0 Å². The van der Waals surface area contributed by atoms with E-state index >= 15 is 0 Å². The monoisotopic (exact) mass is 457 g/mol. The molecular formula is C21H27N7O5. The lowest BCUT2D eigenvalue weighted by Gasteiger charge is -2.30.